The Bertz CT molecular complexity index is 1000. The third-order valence-corrected chi connectivity index (χ3v) is 4.48. The molecule has 150 valence electrons. The first-order chi connectivity index (χ1) is 13.9. The lowest BCUT2D eigenvalue weighted by molar-refractivity contribution is -0.137. The zero-order valence-electron chi connectivity index (χ0n) is 15.5. The van der Waals surface area contributed by atoms with Crippen LogP contribution in [0.4, 0.5) is 18.9 Å². The number of benzene rings is 2. The molecule has 0 radical (unpaired) electrons. The minimum Gasteiger partial charge on any atom is -0.487 e. The molecule has 7 heteroatoms. The molecular formula is C22H18ClF3N2O. The molecule has 0 unspecified atom stereocenters. The molecule has 0 saturated carbocycles. The largest absolute Gasteiger partial charge is 0.487 e. The molecule has 1 N–H and O–H groups in total. The van der Waals surface area contributed by atoms with Gasteiger partial charge in [-0.3, -0.25) is 4.98 Å². The highest BCUT2D eigenvalue weighted by molar-refractivity contribution is 6.31. The van der Waals surface area contributed by atoms with Crippen LogP contribution in [0.2, 0.25) is 5.02 Å². The molecule has 0 bridgehead atoms. The van der Waals surface area contributed by atoms with E-state index in [-0.39, 0.29) is 17.3 Å². The number of alkyl halides is 3. The maximum Gasteiger partial charge on any atom is 0.417 e. The summed E-state index contributed by atoms with van der Waals surface area (Å²) in [5.74, 6) is 0.639. The normalized spacial score (nSPS) is 12.0. The lowest BCUT2D eigenvalue weighted by Gasteiger charge is -2.15. The van der Waals surface area contributed by atoms with Gasteiger partial charge in [-0.25, -0.2) is 0 Å². The van der Waals surface area contributed by atoms with Gasteiger partial charge in [-0.05, 0) is 48.9 Å². The van der Waals surface area contributed by atoms with Crippen LogP contribution in [-0.4, -0.2) is 11.6 Å². The average molecular weight is 419 g/mol. The maximum absolute atomic E-state index is 13.0. The van der Waals surface area contributed by atoms with Gasteiger partial charge in [-0.1, -0.05) is 35.9 Å². The first kappa shape index (κ1) is 20.7. The van der Waals surface area contributed by atoms with Crippen LogP contribution in [0.5, 0.6) is 5.75 Å². The number of nitrogens with one attached hydrogen (secondary N) is 1. The number of rotatable bonds is 6. The Labute approximate surface area is 171 Å². The molecule has 0 spiro atoms. The van der Waals surface area contributed by atoms with Crippen molar-refractivity contribution in [3.05, 3.63) is 89.4 Å². The van der Waals surface area contributed by atoms with Crippen molar-refractivity contribution in [2.75, 3.05) is 11.9 Å². The van der Waals surface area contributed by atoms with Crippen molar-refractivity contribution in [3.8, 4) is 16.9 Å². The Morgan fingerprint density at radius 2 is 1.90 bits per heavy atom. The van der Waals surface area contributed by atoms with Gasteiger partial charge in [0.15, 0.2) is 0 Å². The zero-order chi connectivity index (χ0) is 20.9. The number of hydrogen-bond acceptors (Lipinski definition) is 3. The van der Waals surface area contributed by atoms with Crippen LogP contribution in [0.3, 0.4) is 0 Å². The summed E-state index contributed by atoms with van der Waals surface area (Å²) in [5.41, 5.74) is 1.93. The number of pyridine rings is 1. The van der Waals surface area contributed by atoms with E-state index in [1.54, 1.807) is 25.4 Å². The molecular weight excluding hydrogens is 401 g/mol. The molecule has 0 aliphatic rings. The minimum absolute atomic E-state index is 0.164. The van der Waals surface area contributed by atoms with E-state index in [9.17, 15) is 13.2 Å². The quantitative estimate of drug-likeness (QED) is 0.477. The summed E-state index contributed by atoms with van der Waals surface area (Å²) in [6, 6.07) is 15.0. The van der Waals surface area contributed by atoms with E-state index in [0.717, 1.165) is 17.2 Å². The van der Waals surface area contributed by atoms with Gasteiger partial charge < -0.3 is 10.1 Å². The summed E-state index contributed by atoms with van der Waals surface area (Å²) in [6.07, 6.45) is 0.687. The second-order valence-corrected chi connectivity index (χ2v) is 6.60. The predicted octanol–water partition coefficient (Wildman–Crippen LogP) is 6.82. The highest BCUT2D eigenvalue weighted by Gasteiger charge is 2.33. The molecule has 0 fully saturated rings. The van der Waals surface area contributed by atoms with Gasteiger partial charge in [-0.2, -0.15) is 13.2 Å². The first-order valence-corrected chi connectivity index (χ1v) is 9.17. The molecule has 1 aromatic heterocycles. The summed E-state index contributed by atoms with van der Waals surface area (Å²) >= 11 is 5.67. The van der Waals surface area contributed by atoms with Crippen molar-refractivity contribution < 1.29 is 17.9 Å². The summed E-state index contributed by atoms with van der Waals surface area (Å²) < 4.78 is 44.9. The predicted molar refractivity (Wildman–Crippen MR) is 109 cm³/mol. The zero-order valence-corrected chi connectivity index (χ0v) is 16.3. The molecule has 29 heavy (non-hydrogen) atoms. The SMILES string of the molecule is CC=C(COc1cccc(-c2cccnc2)c1)Nc1ccc(Cl)c(C(F)(F)F)c1. The fourth-order valence-electron chi connectivity index (χ4n) is 2.66. The molecule has 0 atom stereocenters. The third-order valence-electron chi connectivity index (χ3n) is 4.15. The van der Waals surface area contributed by atoms with Crippen molar-refractivity contribution in [1.29, 1.82) is 0 Å². The number of hydrogen-bond donors (Lipinski definition) is 1. The highest BCUT2D eigenvalue weighted by atomic mass is 35.5. The Morgan fingerprint density at radius 3 is 2.59 bits per heavy atom. The smallest absolute Gasteiger partial charge is 0.417 e. The van der Waals surface area contributed by atoms with Crippen LogP contribution in [0.15, 0.2) is 78.8 Å². The van der Waals surface area contributed by atoms with E-state index in [4.69, 9.17) is 16.3 Å². The Hall–Kier alpha value is -2.99. The fraction of sp³-hybridized carbons (Fsp3) is 0.136. The summed E-state index contributed by atoms with van der Waals surface area (Å²) in [7, 11) is 0. The van der Waals surface area contributed by atoms with Crippen LogP contribution in [0.25, 0.3) is 11.1 Å². The van der Waals surface area contributed by atoms with Crippen molar-refractivity contribution in [2.45, 2.75) is 13.1 Å². The van der Waals surface area contributed by atoms with Gasteiger partial charge in [0.05, 0.1) is 10.6 Å². The highest BCUT2D eigenvalue weighted by Crippen LogP contribution is 2.36. The number of anilines is 1. The van der Waals surface area contributed by atoms with Gasteiger partial charge in [0.1, 0.15) is 12.4 Å². The lowest BCUT2D eigenvalue weighted by atomic mass is 10.1. The number of nitrogens with zero attached hydrogens (tertiary/aromatic N) is 1. The van der Waals surface area contributed by atoms with Crippen molar-refractivity contribution in [2.24, 2.45) is 0 Å². The van der Waals surface area contributed by atoms with Crippen LogP contribution >= 0.6 is 11.6 Å². The van der Waals surface area contributed by atoms with Gasteiger partial charge in [0.25, 0.3) is 0 Å². The Balaban J connectivity index is 1.69. The van der Waals surface area contributed by atoms with Crippen LogP contribution < -0.4 is 10.1 Å². The van der Waals surface area contributed by atoms with Gasteiger partial charge in [0, 0.05) is 29.3 Å². The molecule has 3 nitrogen and oxygen atoms in total. The minimum atomic E-state index is -4.52. The maximum atomic E-state index is 13.0. The number of ether oxygens (including phenoxy) is 1. The van der Waals surface area contributed by atoms with Gasteiger partial charge in [0.2, 0.25) is 0 Å². The first-order valence-electron chi connectivity index (χ1n) is 8.79. The topological polar surface area (TPSA) is 34.1 Å². The lowest BCUT2D eigenvalue weighted by Crippen LogP contribution is -2.11. The standard InChI is InChI=1S/C22H18ClF3N2O/c1-2-17(28-18-8-9-21(23)20(12-18)22(24,25)26)14-29-19-7-3-5-15(11-19)16-6-4-10-27-13-16/h2-13,28H,14H2,1H3. The van der Waals surface area contributed by atoms with E-state index in [1.165, 1.54) is 12.1 Å². The average Bonchev–Trinajstić information content (AvgIpc) is 2.72. The Morgan fingerprint density at radius 1 is 1.10 bits per heavy atom. The summed E-state index contributed by atoms with van der Waals surface area (Å²) in [5, 5.41) is 2.61. The number of allylic oxidation sites excluding steroid dienone is 1. The molecule has 0 aliphatic carbocycles. The number of aromatic nitrogens is 1. The van der Waals surface area contributed by atoms with E-state index < -0.39 is 11.7 Å². The second kappa shape index (κ2) is 9.01. The summed E-state index contributed by atoms with van der Waals surface area (Å²) in [6.45, 7) is 1.94. The fourth-order valence-corrected chi connectivity index (χ4v) is 2.88. The molecule has 1 heterocycles. The molecule has 3 rings (SSSR count). The molecule has 3 aromatic rings. The van der Waals surface area contributed by atoms with Gasteiger partial charge in [-0.15, -0.1) is 0 Å². The van der Waals surface area contributed by atoms with Crippen molar-refractivity contribution in [3.63, 3.8) is 0 Å². The van der Waals surface area contributed by atoms with Crippen LogP contribution in [0, 0.1) is 0 Å². The van der Waals surface area contributed by atoms with E-state index in [2.05, 4.69) is 10.3 Å². The van der Waals surface area contributed by atoms with Crippen LogP contribution in [0.1, 0.15) is 12.5 Å². The van der Waals surface area contributed by atoms with Crippen LogP contribution in [-0.2, 0) is 6.18 Å². The van der Waals surface area contributed by atoms with E-state index in [1.807, 2.05) is 36.4 Å². The monoisotopic (exact) mass is 418 g/mol. The van der Waals surface area contributed by atoms with E-state index >= 15 is 0 Å². The Kier molecular flexibility index (Phi) is 6.44. The third kappa shape index (κ3) is 5.51. The molecule has 0 saturated heterocycles. The molecule has 0 amide bonds. The summed E-state index contributed by atoms with van der Waals surface area (Å²) in [4.78, 5) is 4.11. The van der Waals surface area contributed by atoms with Gasteiger partial charge >= 0.3 is 6.18 Å². The van der Waals surface area contributed by atoms with E-state index in [0.29, 0.717) is 11.4 Å². The van der Waals surface area contributed by atoms with Crippen molar-refractivity contribution >= 4 is 17.3 Å². The second-order valence-electron chi connectivity index (χ2n) is 6.19. The molecule has 2 aromatic carbocycles. The van der Waals surface area contributed by atoms with Crippen molar-refractivity contribution in [1.82, 2.24) is 4.98 Å². The molecule has 0 aliphatic heterocycles. The number of halogens is 4.